The first-order valence-corrected chi connectivity index (χ1v) is 6.59. The zero-order valence-electron chi connectivity index (χ0n) is 11.4. The number of rotatable bonds is 3. The number of nitrogens with one attached hydrogen (secondary N) is 1. The van der Waals surface area contributed by atoms with E-state index in [0.717, 1.165) is 5.69 Å². The number of halogens is 1. The van der Waals surface area contributed by atoms with Gasteiger partial charge in [-0.25, -0.2) is 4.98 Å². The number of carbonyl (C=O) groups excluding carboxylic acids is 1. The van der Waals surface area contributed by atoms with E-state index in [2.05, 4.69) is 20.3 Å². The second-order valence-electron chi connectivity index (χ2n) is 3.58. The smallest absolute Gasteiger partial charge is 0.217 e. The van der Waals surface area contributed by atoms with Crippen molar-refractivity contribution in [3.8, 4) is 0 Å². The fourth-order valence-corrected chi connectivity index (χ4v) is 1.62. The highest BCUT2D eigenvalue weighted by Gasteiger charge is 1.92. The van der Waals surface area contributed by atoms with E-state index in [-0.39, 0.29) is 24.3 Å². The maximum absolute atomic E-state index is 10.5. The minimum Gasteiger partial charge on any atom is -0.370 e. The highest BCUT2D eigenvalue weighted by molar-refractivity contribution is 7.13. The molecule has 21 heavy (non-hydrogen) atoms. The van der Waals surface area contributed by atoms with Gasteiger partial charge in [-0.1, -0.05) is 6.07 Å². The van der Waals surface area contributed by atoms with Gasteiger partial charge in [-0.3, -0.25) is 9.78 Å². The molecule has 0 bridgehead atoms. The van der Waals surface area contributed by atoms with E-state index in [4.69, 9.17) is 11.5 Å². The molecule has 0 aliphatic carbocycles. The second-order valence-corrected chi connectivity index (χ2v) is 4.46. The van der Waals surface area contributed by atoms with Gasteiger partial charge in [0.25, 0.3) is 0 Å². The Labute approximate surface area is 132 Å². The SMILES string of the molecule is CC(=O)NCc1ccccn1.Cl.NC(N)=Nc1nccs1. The molecule has 2 heterocycles. The predicted molar refractivity (Wildman–Crippen MR) is 86.6 cm³/mol. The van der Waals surface area contributed by atoms with Crippen LogP contribution in [-0.4, -0.2) is 21.8 Å². The monoisotopic (exact) mass is 328 g/mol. The molecule has 7 nitrogen and oxygen atoms in total. The number of aliphatic imine (C=N–C) groups is 1. The van der Waals surface area contributed by atoms with Crippen molar-refractivity contribution in [3.05, 3.63) is 41.7 Å². The summed E-state index contributed by atoms with van der Waals surface area (Å²) in [7, 11) is 0. The molecule has 1 amide bonds. The van der Waals surface area contributed by atoms with Crippen LogP contribution in [0.4, 0.5) is 5.13 Å². The minimum atomic E-state index is -0.0318. The zero-order chi connectivity index (χ0) is 14.8. The average molecular weight is 329 g/mol. The van der Waals surface area contributed by atoms with Crippen LogP contribution in [0.15, 0.2) is 41.0 Å². The van der Waals surface area contributed by atoms with Crippen molar-refractivity contribution in [3.63, 3.8) is 0 Å². The lowest BCUT2D eigenvalue weighted by Gasteiger charge is -1.99. The van der Waals surface area contributed by atoms with E-state index in [1.165, 1.54) is 18.3 Å². The van der Waals surface area contributed by atoms with Crippen LogP contribution in [0.5, 0.6) is 0 Å². The molecule has 0 saturated heterocycles. The van der Waals surface area contributed by atoms with Gasteiger partial charge in [0.1, 0.15) is 0 Å². The molecule has 2 aromatic heterocycles. The number of nitrogens with two attached hydrogens (primary N) is 2. The Hall–Kier alpha value is -2.19. The third-order valence-corrected chi connectivity index (χ3v) is 2.55. The average Bonchev–Trinajstić information content (AvgIpc) is 2.90. The minimum absolute atomic E-state index is 0. The van der Waals surface area contributed by atoms with Crippen LogP contribution in [0.3, 0.4) is 0 Å². The van der Waals surface area contributed by atoms with E-state index in [1.807, 2.05) is 23.6 Å². The van der Waals surface area contributed by atoms with Crippen molar-refractivity contribution in [2.45, 2.75) is 13.5 Å². The van der Waals surface area contributed by atoms with E-state index in [1.54, 1.807) is 12.4 Å². The first-order chi connectivity index (χ1) is 9.58. The number of thiazole rings is 1. The van der Waals surface area contributed by atoms with Crippen LogP contribution in [0, 0.1) is 0 Å². The Bertz CT molecular complexity index is 542. The Balaban J connectivity index is 0.000000370. The van der Waals surface area contributed by atoms with Crippen molar-refractivity contribution in [2.75, 3.05) is 0 Å². The Morgan fingerprint density at radius 3 is 2.57 bits per heavy atom. The summed E-state index contributed by atoms with van der Waals surface area (Å²) in [6, 6.07) is 5.61. The number of carbonyl (C=O) groups is 1. The first-order valence-electron chi connectivity index (χ1n) is 5.71. The highest BCUT2D eigenvalue weighted by atomic mass is 35.5. The number of hydrogen-bond acceptors (Lipinski definition) is 5. The largest absolute Gasteiger partial charge is 0.370 e. The molecule has 0 aliphatic rings. The summed E-state index contributed by atoms with van der Waals surface area (Å²) in [4.78, 5) is 22.0. The highest BCUT2D eigenvalue weighted by Crippen LogP contribution is 2.13. The van der Waals surface area contributed by atoms with E-state index < -0.39 is 0 Å². The summed E-state index contributed by atoms with van der Waals surface area (Å²) in [5.74, 6) is 0.0144. The van der Waals surface area contributed by atoms with Crippen LogP contribution in [0.1, 0.15) is 12.6 Å². The first kappa shape index (κ1) is 18.8. The molecule has 0 spiro atoms. The molecule has 0 saturated carbocycles. The lowest BCUT2D eigenvalue weighted by molar-refractivity contribution is -0.119. The molecule has 5 N–H and O–H groups in total. The van der Waals surface area contributed by atoms with Gasteiger partial charge in [-0.15, -0.1) is 23.7 Å². The van der Waals surface area contributed by atoms with Crippen molar-refractivity contribution in [2.24, 2.45) is 16.5 Å². The Kier molecular flexibility index (Phi) is 9.48. The third-order valence-electron chi connectivity index (χ3n) is 1.89. The number of aromatic nitrogens is 2. The lowest BCUT2D eigenvalue weighted by atomic mass is 10.3. The van der Waals surface area contributed by atoms with Gasteiger partial charge in [-0.2, -0.15) is 4.99 Å². The molecular formula is C12H17ClN6OS. The number of hydrogen-bond donors (Lipinski definition) is 3. The molecule has 0 unspecified atom stereocenters. The molecular weight excluding hydrogens is 312 g/mol. The molecule has 114 valence electrons. The fourth-order valence-electron chi connectivity index (χ4n) is 1.10. The Morgan fingerprint density at radius 2 is 2.10 bits per heavy atom. The zero-order valence-corrected chi connectivity index (χ0v) is 13.0. The fraction of sp³-hybridized carbons (Fsp3) is 0.167. The topological polar surface area (TPSA) is 119 Å². The maximum Gasteiger partial charge on any atom is 0.217 e. The molecule has 0 radical (unpaired) electrons. The summed E-state index contributed by atoms with van der Waals surface area (Å²) in [5.41, 5.74) is 11.0. The lowest BCUT2D eigenvalue weighted by Crippen LogP contribution is -2.21. The summed E-state index contributed by atoms with van der Waals surface area (Å²) < 4.78 is 0. The molecule has 0 fully saturated rings. The standard InChI is InChI=1S/C8H10N2O.C4H6N4S.ClH/c1-7(11)10-6-8-4-2-3-5-9-8;5-3(6)8-4-7-1-2-9-4;/h2-5H,6H2,1H3,(H,10,11);1-2H,(H4,5,6,7,8);1H. The number of nitrogens with zero attached hydrogens (tertiary/aromatic N) is 3. The molecule has 0 atom stereocenters. The van der Waals surface area contributed by atoms with Crippen molar-refractivity contribution >= 4 is 40.7 Å². The predicted octanol–water partition coefficient (Wildman–Crippen LogP) is 1.19. The number of guanidine groups is 1. The van der Waals surface area contributed by atoms with Crippen LogP contribution in [0.2, 0.25) is 0 Å². The van der Waals surface area contributed by atoms with Crippen LogP contribution in [0.25, 0.3) is 0 Å². The second kappa shape index (κ2) is 10.6. The van der Waals surface area contributed by atoms with Gasteiger partial charge < -0.3 is 16.8 Å². The van der Waals surface area contributed by atoms with E-state index in [0.29, 0.717) is 11.7 Å². The molecule has 9 heteroatoms. The molecule has 0 aliphatic heterocycles. The Morgan fingerprint density at radius 1 is 1.33 bits per heavy atom. The van der Waals surface area contributed by atoms with Gasteiger partial charge in [0.2, 0.25) is 11.0 Å². The van der Waals surface area contributed by atoms with Crippen molar-refractivity contribution in [1.82, 2.24) is 15.3 Å². The van der Waals surface area contributed by atoms with E-state index in [9.17, 15) is 4.79 Å². The number of pyridine rings is 1. The molecule has 2 aromatic rings. The maximum atomic E-state index is 10.5. The van der Waals surface area contributed by atoms with Gasteiger partial charge in [0, 0.05) is 24.7 Å². The normalized spacial score (nSPS) is 8.62. The van der Waals surface area contributed by atoms with Gasteiger partial charge in [-0.05, 0) is 12.1 Å². The van der Waals surface area contributed by atoms with Crippen LogP contribution < -0.4 is 16.8 Å². The van der Waals surface area contributed by atoms with Gasteiger partial charge in [0.05, 0.1) is 12.2 Å². The quantitative estimate of drug-likeness (QED) is 0.577. The number of amides is 1. The van der Waals surface area contributed by atoms with Gasteiger partial charge in [0.15, 0.2) is 5.96 Å². The van der Waals surface area contributed by atoms with Gasteiger partial charge >= 0.3 is 0 Å². The summed E-state index contributed by atoms with van der Waals surface area (Å²) in [5, 5.41) is 5.06. The van der Waals surface area contributed by atoms with E-state index >= 15 is 0 Å². The van der Waals surface area contributed by atoms with Crippen molar-refractivity contribution in [1.29, 1.82) is 0 Å². The summed E-state index contributed by atoms with van der Waals surface area (Å²) in [6.45, 7) is 2.00. The molecule has 2 rings (SSSR count). The third kappa shape index (κ3) is 9.36. The van der Waals surface area contributed by atoms with Crippen molar-refractivity contribution < 1.29 is 4.79 Å². The van der Waals surface area contributed by atoms with Crippen LogP contribution in [-0.2, 0) is 11.3 Å². The van der Waals surface area contributed by atoms with Crippen LogP contribution >= 0.6 is 23.7 Å². The summed E-state index contributed by atoms with van der Waals surface area (Å²) >= 11 is 1.39. The molecule has 0 aromatic carbocycles. The summed E-state index contributed by atoms with van der Waals surface area (Å²) in [6.07, 6.45) is 3.35.